The van der Waals surface area contributed by atoms with Gasteiger partial charge in [0.15, 0.2) is 0 Å². The van der Waals surface area contributed by atoms with Gasteiger partial charge in [-0.2, -0.15) is 10.5 Å². The van der Waals surface area contributed by atoms with Gasteiger partial charge in [-0.15, -0.1) is 12.4 Å². The van der Waals surface area contributed by atoms with Crippen molar-refractivity contribution in [3.63, 3.8) is 0 Å². The van der Waals surface area contributed by atoms with Crippen LogP contribution in [0.4, 0.5) is 0 Å². The summed E-state index contributed by atoms with van der Waals surface area (Å²) in [7, 11) is 0. The Bertz CT molecular complexity index is 120. The third kappa shape index (κ3) is 271. The van der Waals surface area contributed by atoms with Crippen LogP contribution < -0.4 is 0 Å². The van der Waals surface area contributed by atoms with Gasteiger partial charge >= 0.3 is 0 Å². The maximum Gasteiger partial charge on any atom is 0.0905 e. The average Bonchev–Trinajstić information content (AvgIpc) is 1.88. The molecule has 0 aromatic carbocycles. The van der Waals surface area contributed by atoms with E-state index in [2.05, 4.69) is 13.2 Å². The van der Waals surface area contributed by atoms with Crippen LogP contribution in [0.15, 0.2) is 25.3 Å². The van der Waals surface area contributed by atoms with Crippen molar-refractivity contribution in [2.24, 2.45) is 0 Å². The number of nitriles is 2. The highest BCUT2D eigenvalue weighted by molar-refractivity contribution is 5.85. The molecule has 2 nitrogen and oxygen atoms in total. The number of nitrogens with zero attached hydrogens (tertiary/aromatic N) is 2. The minimum Gasteiger partial charge on any atom is -0.193 e. The van der Waals surface area contributed by atoms with Crippen LogP contribution in [0.3, 0.4) is 0 Å². The van der Waals surface area contributed by atoms with Gasteiger partial charge in [0.2, 0.25) is 0 Å². The summed E-state index contributed by atoms with van der Waals surface area (Å²) in [4.78, 5) is 0. The summed E-state index contributed by atoms with van der Waals surface area (Å²) >= 11 is 0. The van der Waals surface area contributed by atoms with E-state index in [1.54, 1.807) is 12.1 Å². The van der Waals surface area contributed by atoms with E-state index in [1.165, 1.54) is 12.2 Å². The van der Waals surface area contributed by atoms with Gasteiger partial charge in [-0.3, -0.25) is 0 Å². The summed E-state index contributed by atoms with van der Waals surface area (Å²) in [6.45, 7) is 6.24. The van der Waals surface area contributed by atoms with Crippen LogP contribution >= 0.6 is 12.4 Å². The van der Waals surface area contributed by atoms with Gasteiger partial charge in [-0.1, -0.05) is 13.2 Å². The second-order valence-electron chi connectivity index (χ2n) is 0.666. The van der Waals surface area contributed by atoms with Crippen molar-refractivity contribution in [3.05, 3.63) is 25.3 Å². The van der Waals surface area contributed by atoms with Gasteiger partial charge < -0.3 is 0 Å². The predicted molar refractivity (Wildman–Crippen MR) is 38.9 cm³/mol. The maximum atomic E-state index is 7.51. The standard InChI is InChI=1S/2C3H3N.ClH/c2*1-2-3-4;/h2*2H,1H2;1H. The van der Waals surface area contributed by atoms with Gasteiger partial charge in [-0.25, -0.2) is 0 Å². The van der Waals surface area contributed by atoms with Crippen LogP contribution in [0, 0.1) is 22.7 Å². The molecule has 0 aliphatic carbocycles. The number of hydrogen-bond donors (Lipinski definition) is 0. The Morgan fingerprint density at radius 2 is 1.11 bits per heavy atom. The molecule has 0 aromatic rings. The molecule has 0 unspecified atom stereocenters. The SMILES string of the molecule is C=CC#N.C=CC#N.Cl. The minimum atomic E-state index is 0. The minimum absolute atomic E-state index is 0. The summed E-state index contributed by atoms with van der Waals surface area (Å²) in [6.07, 6.45) is 2.36. The molecule has 0 aliphatic heterocycles. The maximum absolute atomic E-state index is 7.51. The van der Waals surface area contributed by atoms with Gasteiger partial charge in [0, 0.05) is 12.2 Å². The molecule has 0 spiro atoms. The van der Waals surface area contributed by atoms with Crippen molar-refractivity contribution in [1.29, 1.82) is 10.5 Å². The monoisotopic (exact) mass is 142 g/mol. The zero-order chi connectivity index (χ0) is 6.83. The Morgan fingerprint density at radius 3 is 1.11 bits per heavy atom. The first kappa shape index (κ1) is 15.7. The molecule has 0 saturated carbocycles. The highest BCUT2D eigenvalue weighted by Gasteiger charge is 1.34. The van der Waals surface area contributed by atoms with E-state index in [0.29, 0.717) is 0 Å². The van der Waals surface area contributed by atoms with Crippen molar-refractivity contribution in [1.82, 2.24) is 0 Å². The molecule has 0 aromatic heterocycles. The van der Waals surface area contributed by atoms with Crippen molar-refractivity contribution >= 4 is 12.4 Å². The van der Waals surface area contributed by atoms with Crippen LogP contribution in [-0.2, 0) is 0 Å². The number of allylic oxidation sites excluding steroid dienone is 2. The summed E-state index contributed by atoms with van der Waals surface area (Å²) in [6, 6.07) is 3.39. The van der Waals surface area contributed by atoms with Gasteiger partial charge in [0.25, 0.3) is 0 Å². The number of halogens is 1. The summed E-state index contributed by atoms with van der Waals surface area (Å²) in [5.74, 6) is 0. The Hall–Kier alpha value is -1.25. The quantitative estimate of drug-likeness (QED) is 0.485. The van der Waals surface area contributed by atoms with E-state index < -0.39 is 0 Å². The molecule has 0 saturated heterocycles. The fourth-order valence-electron chi connectivity index (χ4n) is 0. The van der Waals surface area contributed by atoms with Gasteiger partial charge in [-0.05, 0) is 0 Å². The average molecular weight is 143 g/mol. The van der Waals surface area contributed by atoms with Gasteiger partial charge in [0.1, 0.15) is 0 Å². The molecule has 0 radical (unpaired) electrons. The lowest BCUT2D eigenvalue weighted by Gasteiger charge is -1.31. The third-order valence-corrected chi connectivity index (χ3v) is 0.183. The molecule has 0 fully saturated rings. The topological polar surface area (TPSA) is 47.6 Å². The van der Waals surface area contributed by atoms with Crippen molar-refractivity contribution in [2.45, 2.75) is 0 Å². The Morgan fingerprint density at radius 1 is 1.00 bits per heavy atom. The molecule has 0 amide bonds. The molecule has 9 heavy (non-hydrogen) atoms. The molecule has 0 aliphatic rings. The zero-order valence-corrected chi connectivity index (χ0v) is 5.69. The van der Waals surface area contributed by atoms with E-state index >= 15 is 0 Å². The predicted octanol–water partition coefficient (Wildman–Crippen LogP) is 1.81. The van der Waals surface area contributed by atoms with Crippen LogP contribution in [0.1, 0.15) is 0 Å². The highest BCUT2D eigenvalue weighted by Crippen LogP contribution is 1.41. The van der Waals surface area contributed by atoms with Crippen LogP contribution in [0.5, 0.6) is 0 Å². The lowest BCUT2D eigenvalue weighted by Crippen LogP contribution is -1.23. The Labute approximate surface area is 61.1 Å². The molecule has 0 bridgehead atoms. The van der Waals surface area contributed by atoms with Crippen molar-refractivity contribution < 1.29 is 0 Å². The molecule has 0 heterocycles. The van der Waals surface area contributed by atoms with E-state index in [4.69, 9.17) is 10.5 Å². The van der Waals surface area contributed by atoms with E-state index in [1.807, 2.05) is 0 Å². The lowest BCUT2D eigenvalue weighted by atomic mass is 10.8. The first-order valence-electron chi connectivity index (χ1n) is 1.84. The normalized spacial score (nSPS) is 3.33. The van der Waals surface area contributed by atoms with Crippen LogP contribution in [-0.4, -0.2) is 0 Å². The van der Waals surface area contributed by atoms with E-state index in [0.717, 1.165) is 0 Å². The second kappa shape index (κ2) is 29.5. The number of hydrogen-bond acceptors (Lipinski definition) is 2. The summed E-state index contributed by atoms with van der Waals surface area (Å²) < 4.78 is 0. The van der Waals surface area contributed by atoms with E-state index in [9.17, 15) is 0 Å². The van der Waals surface area contributed by atoms with Crippen molar-refractivity contribution in [3.8, 4) is 12.1 Å². The highest BCUT2D eigenvalue weighted by atomic mass is 35.5. The fourth-order valence-corrected chi connectivity index (χ4v) is 0. The molecule has 0 N–H and O–H groups in total. The third-order valence-electron chi connectivity index (χ3n) is 0.183. The largest absolute Gasteiger partial charge is 0.193 e. The molecule has 0 atom stereocenters. The number of rotatable bonds is 0. The van der Waals surface area contributed by atoms with Crippen molar-refractivity contribution in [2.75, 3.05) is 0 Å². The smallest absolute Gasteiger partial charge is 0.0905 e. The second-order valence-corrected chi connectivity index (χ2v) is 0.666. The molecule has 3 heteroatoms. The molecular formula is C6H7ClN2. The molecule has 48 valence electrons. The summed E-state index contributed by atoms with van der Waals surface area (Å²) in [5, 5.41) is 15.0. The first-order chi connectivity index (χ1) is 3.83. The van der Waals surface area contributed by atoms with E-state index in [-0.39, 0.29) is 12.4 Å². The lowest BCUT2D eigenvalue weighted by molar-refractivity contribution is 1.54. The summed E-state index contributed by atoms with van der Waals surface area (Å²) in [5.41, 5.74) is 0. The zero-order valence-electron chi connectivity index (χ0n) is 4.87. The fraction of sp³-hybridized carbons (Fsp3) is 0. The first-order valence-corrected chi connectivity index (χ1v) is 1.84. The Balaban J connectivity index is -0.0000000720. The van der Waals surface area contributed by atoms with Gasteiger partial charge in [0.05, 0.1) is 12.1 Å². The molecular weight excluding hydrogens is 136 g/mol. The van der Waals surface area contributed by atoms with Crippen LogP contribution in [0.2, 0.25) is 0 Å². The Kier molecular flexibility index (Phi) is 51.3. The van der Waals surface area contributed by atoms with Crippen LogP contribution in [0.25, 0.3) is 0 Å². The molecule has 0 rings (SSSR count).